The predicted molar refractivity (Wildman–Crippen MR) is 72.7 cm³/mol. The maximum atomic E-state index is 11.6. The minimum atomic E-state index is 0.0227. The molecular formula is C13H17Cl2NO. The predicted octanol–water partition coefficient (Wildman–Crippen LogP) is 3.41. The van der Waals surface area contributed by atoms with Crippen LogP contribution in [-0.2, 0) is 11.2 Å². The van der Waals surface area contributed by atoms with E-state index in [4.69, 9.17) is 23.2 Å². The highest BCUT2D eigenvalue weighted by molar-refractivity contribution is 6.30. The molecule has 1 amide bonds. The van der Waals surface area contributed by atoms with Crippen LogP contribution < -0.4 is 5.32 Å². The Labute approximate surface area is 112 Å². The molecule has 1 unspecified atom stereocenters. The number of nitrogens with one attached hydrogen (secondary N) is 1. The van der Waals surface area contributed by atoms with E-state index in [1.807, 2.05) is 25.1 Å². The van der Waals surface area contributed by atoms with Gasteiger partial charge in [-0.05, 0) is 37.5 Å². The van der Waals surface area contributed by atoms with Gasteiger partial charge in [-0.2, -0.15) is 0 Å². The van der Waals surface area contributed by atoms with E-state index in [9.17, 15) is 4.79 Å². The van der Waals surface area contributed by atoms with Crippen LogP contribution in [0.2, 0.25) is 5.02 Å². The fraction of sp³-hybridized carbons (Fsp3) is 0.462. The van der Waals surface area contributed by atoms with Crippen molar-refractivity contribution in [1.82, 2.24) is 5.32 Å². The largest absolute Gasteiger partial charge is 0.356 e. The second-order valence-corrected chi connectivity index (χ2v) is 5.26. The molecule has 0 heterocycles. The van der Waals surface area contributed by atoms with Crippen molar-refractivity contribution < 1.29 is 4.79 Å². The third kappa shape index (κ3) is 6.54. The number of amides is 1. The maximum absolute atomic E-state index is 11.6. The molecule has 0 saturated carbocycles. The normalized spacial score (nSPS) is 12.2. The lowest BCUT2D eigenvalue weighted by Crippen LogP contribution is -2.26. The van der Waals surface area contributed by atoms with Crippen LogP contribution in [0.15, 0.2) is 24.3 Å². The zero-order valence-electron chi connectivity index (χ0n) is 9.88. The standard InChI is InChI=1S/C13H17Cl2NO/c1-10(14)4-3-7-16-13(17)9-11-5-2-6-12(15)8-11/h2,5-6,8,10H,3-4,7,9H2,1H3,(H,16,17). The highest BCUT2D eigenvalue weighted by Gasteiger charge is 2.03. The average Bonchev–Trinajstić information content (AvgIpc) is 2.24. The molecule has 4 heteroatoms. The molecule has 0 fully saturated rings. The Balaban J connectivity index is 2.25. The number of carbonyl (C=O) groups is 1. The first-order valence-electron chi connectivity index (χ1n) is 5.73. The Hall–Kier alpha value is -0.730. The summed E-state index contributed by atoms with van der Waals surface area (Å²) in [5, 5.41) is 3.69. The molecule has 2 nitrogen and oxygen atoms in total. The molecule has 1 aromatic rings. The molecule has 1 atom stereocenters. The maximum Gasteiger partial charge on any atom is 0.224 e. The van der Waals surface area contributed by atoms with Gasteiger partial charge in [0, 0.05) is 16.9 Å². The van der Waals surface area contributed by atoms with Gasteiger partial charge in [0.25, 0.3) is 0 Å². The van der Waals surface area contributed by atoms with Gasteiger partial charge in [0.05, 0.1) is 6.42 Å². The quantitative estimate of drug-likeness (QED) is 0.625. The van der Waals surface area contributed by atoms with E-state index in [-0.39, 0.29) is 11.3 Å². The molecule has 1 N–H and O–H groups in total. The Kier molecular flexibility index (Phi) is 6.38. The summed E-state index contributed by atoms with van der Waals surface area (Å²) in [4.78, 5) is 11.6. The van der Waals surface area contributed by atoms with Crippen LogP contribution in [-0.4, -0.2) is 17.8 Å². The van der Waals surface area contributed by atoms with Crippen LogP contribution in [0.25, 0.3) is 0 Å². The number of rotatable bonds is 6. The van der Waals surface area contributed by atoms with Crippen molar-refractivity contribution in [2.75, 3.05) is 6.54 Å². The van der Waals surface area contributed by atoms with E-state index >= 15 is 0 Å². The Bertz CT molecular complexity index is 366. The molecule has 0 aliphatic rings. The minimum absolute atomic E-state index is 0.0227. The van der Waals surface area contributed by atoms with Gasteiger partial charge >= 0.3 is 0 Å². The van der Waals surface area contributed by atoms with Crippen molar-refractivity contribution >= 4 is 29.1 Å². The van der Waals surface area contributed by atoms with Crippen LogP contribution in [0.4, 0.5) is 0 Å². The van der Waals surface area contributed by atoms with Gasteiger partial charge in [0.1, 0.15) is 0 Å². The van der Waals surface area contributed by atoms with Crippen molar-refractivity contribution in [3.8, 4) is 0 Å². The van der Waals surface area contributed by atoms with Crippen molar-refractivity contribution in [2.24, 2.45) is 0 Å². The Morgan fingerprint density at radius 3 is 2.88 bits per heavy atom. The van der Waals surface area contributed by atoms with Crippen LogP contribution in [0, 0.1) is 0 Å². The topological polar surface area (TPSA) is 29.1 Å². The van der Waals surface area contributed by atoms with Crippen LogP contribution >= 0.6 is 23.2 Å². The number of hydrogen-bond donors (Lipinski definition) is 1. The van der Waals surface area contributed by atoms with Gasteiger partial charge in [-0.3, -0.25) is 4.79 Å². The highest BCUT2D eigenvalue weighted by Crippen LogP contribution is 2.11. The van der Waals surface area contributed by atoms with Crippen LogP contribution in [0.5, 0.6) is 0 Å². The fourth-order valence-electron chi connectivity index (χ4n) is 1.51. The average molecular weight is 274 g/mol. The monoisotopic (exact) mass is 273 g/mol. The first-order chi connectivity index (χ1) is 8.08. The Morgan fingerprint density at radius 1 is 1.47 bits per heavy atom. The molecule has 1 rings (SSSR count). The summed E-state index contributed by atoms with van der Waals surface area (Å²) in [6, 6.07) is 7.35. The van der Waals surface area contributed by atoms with Crippen molar-refractivity contribution in [1.29, 1.82) is 0 Å². The summed E-state index contributed by atoms with van der Waals surface area (Å²) in [5.74, 6) is 0.0227. The van der Waals surface area contributed by atoms with Gasteiger partial charge < -0.3 is 5.32 Å². The van der Waals surface area contributed by atoms with Crippen molar-refractivity contribution in [3.63, 3.8) is 0 Å². The Morgan fingerprint density at radius 2 is 2.24 bits per heavy atom. The lowest BCUT2D eigenvalue weighted by atomic mass is 10.1. The third-order valence-corrected chi connectivity index (χ3v) is 2.81. The molecule has 0 radical (unpaired) electrons. The van der Waals surface area contributed by atoms with Gasteiger partial charge in [-0.25, -0.2) is 0 Å². The number of carbonyl (C=O) groups excluding carboxylic acids is 1. The summed E-state index contributed by atoms with van der Waals surface area (Å²) in [6.07, 6.45) is 2.20. The molecule has 0 bridgehead atoms. The molecule has 0 aliphatic carbocycles. The first kappa shape index (κ1) is 14.3. The summed E-state index contributed by atoms with van der Waals surface area (Å²) < 4.78 is 0. The molecule has 0 spiro atoms. The van der Waals surface area contributed by atoms with Crippen LogP contribution in [0.3, 0.4) is 0 Å². The second-order valence-electron chi connectivity index (χ2n) is 4.08. The number of benzene rings is 1. The smallest absolute Gasteiger partial charge is 0.224 e. The van der Waals surface area contributed by atoms with E-state index in [0.717, 1.165) is 18.4 Å². The number of alkyl halides is 1. The summed E-state index contributed by atoms with van der Waals surface area (Å²) in [6.45, 7) is 2.63. The van der Waals surface area contributed by atoms with Crippen molar-refractivity contribution in [3.05, 3.63) is 34.9 Å². The lowest BCUT2D eigenvalue weighted by molar-refractivity contribution is -0.120. The first-order valence-corrected chi connectivity index (χ1v) is 6.54. The number of hydrogen-bond acceptors (Lipinski definition) is 1. The summed E-state index contributed by atoms with van der Waals surface area (Å²) in [5.41, 5.74) is 0.931. The molecular weight excluding hydrogens is 257 g/mol. The molecule has 0 aromatic heterocycles. The van der Waals surface area contributed by atoms with E-state index in [1.165, 1.54) is 0 Å². The zero-order chi connectivity index (χ0) is 12.7. The molecule has 17 heavy (non-hydrogen) atoms. The number of halogens is 2. The minimum Gasteiger partial charge on any atom is -0.356 e. The van der Waals surface area contributed by atoms with Gasteiger partial charge in [-0.1, -0.05) is 23.7 Å². The molecule has 0 aliphatic heterocycles. The van der Waals surface area contributed by atoms with Gasteiger partial charge in [-0.15, -0.1) is 11.6 Å². The van der Waals surface area contributed by atoms with E-state index in [1.54, 1.807) is 6.07 Å². The molecule has 1 aromatic carbocycles. The molecule has 94 valence electrons. The summed E-state index contributed by atoms with van der Waals surface area (Å²) >= 11 is 11.7. The highest BCUT2D eigenvalue weighted by atomic mass is 35.5. The van der Waals surface area contributed by atoms with Gasteiger partial charge in [0.15, 0.2) is 0 Å². The SMILES string of the molecule is CC(Cl)CCCNC(=O)Cc1cccc(Cl)c1. The zero-order valence-corrected chi connectivity index (χ0v) is 11.4. The molecule has 0 saturated heterocycles. The fourth-order valence-corrected chi connectivity index (χ4v) is 1.87. The second kappa shape index (κ2) is 7.57. The lowest BCUT2D eigenvalue weighted by Gasteiger charge is -2.06. The third-order valence-electron chi connectivity index (χ3n) is 2.35. The van der Waals surface area contributed by atoms with E-state index < -0.39 is 0 Å². The van der Waals surface area contributed by atoms with Crippen LogP contribution in [0.1, 0.15) is 25.3 Å². The van der Waals surface area contributed by atoms with E-state index in [0.29, 0.717) is 18.0 Å². The summed E-state index contributed by atoms with van der Waals surface area (Å²) in [7, 11) is 0. The van der Waals surface area contributed by atoms with E-state index in [2.05, 4.69) is 5.32 Å². The van der Waals surface area contributed by atoms with Crippen molar-refractivity contribution in [2.45, 2.75) is 31.6 Å². The van der Waals surface area contributed by atoms with Gasteiger partial charge in [0.2, 0.25) is 5.91 Å².